The van der Waals surface area contributed by atoms with Gasteiger partial charge >= 0.3 is 0 Å². The van der Waals surface area contributed by atoms with Gasteiger partial charge < -0.3 is 15.5 Å². The molecule has 1 aromatic heterocycles. The maximum atomic E-state index is 11.9. The van der Waals surface area contributed by atoms with Crippen molar-refractivity contribution in [3.05, 3.63) is 12.4 Å². The molecule has 116 valence electrons. The highest BCUT2D eigenvalue weighted by Gasteiger charge is 2.16. The van der Waals surface area contributed by atoms with E-state index < -0.39 is 0 Å². The van der Waals surface area contributed by atoms with Crippen LogP contribution in [0.3, 0.4) is 0 Å². The minimum atomic E-state index is -0.0373. The molecule has 7 heteroatoms. The molecule has 1 saturated heterocycles. The van der Waals surface area contributed by atoms with E-state index in [1.54, 1.807) is 26.5 Å². The van der Waals surface area contributed by atoms with Crippen LogP contribution in [0.1, 0.15) is 19.3 Å². The van der Waals surface area contributed by atoms with Crippen molar-refractivity contribution in [3.63, 3.8) is 0 Å². The van der Waals surface area contributed by atoms with Crippen molar-refractivity contribution in [2.45, 2.75) is 25.8 Å². The number of nitrogens with one attached hydrogen (secondary N) is 2. The number of carbonyl (C=O) groups excluding carboxylic acids is 2. The van der Waals surface area contributed by atoms with Gasteiger partial charge in [0.2, 0.25) is 11.8 Å². The van der Waals surface area contributed by atoms with E-state index in [2.05, 4.69) is 15.7 Å². The van der Waals surface area contributed by atoms with Gasteiger partial charge in [-0.1, -0.05) is 0 Å². The van der Waals surface area contributed by atoms with Gasteiger partial charge in [0, 0.05) is 26.7 Å². The molecule has 1 fully saturated rings. The molecule has 1 aliphatic heterocycles. The Labute approximate surface area is 124 Å². The highest BCUT2D eigenvalue weighted by molar-refractivity contribution is 5.90. The summed E-state index contributed by atoms with van der Waals surface area (Å²) in [5.41, 5.74) is 0.635. The van der Waals surface area contributed by atoms with Crippen LogP contribution in [0.25, 0.3) is 0 Å². The second-order valence-corrected chi connectivity index (χ2v) is 5.66. The smallest absolute Gasteiger partial charge is 0.243 e. The number of carbonyl (C=O) groups is 2. The number of anilines is 1. The van der Waals surface area contributed by atoms with Crippen LogP contribution in [-0.2, 0) is 16.1 Å². The fraction of sp³-hybridized carbons (Fsp3) is 0.643. The van der Waals surface area contributed by atoms with E-state index in [1.807, 2.05) is 0 Å². The maximum Gasteiger partial charge on any atom is 0.243 e. The second kappa shape index (κ2) is 7.21. The number of likely N-dealkylation sites (N-methyl/N-ethyl adjacent to an activating group) is 1. The lowest BCUT2D eigenvalue weighted by Gasteiger charge is -2.09. The summed E-state index contributed by atoms with van der Waals surface area (Å²) in [6.45, 7) is 2.24. The number of aromatic nitrogens is 2. The Hall–Kier alpha value is -1.89. The van der Waals surface area contributed by atoms with Gasteiger partial charge in [0.15, 0.2) is 0 Å². The van der Waals surface area contributed by atoms with Gasteiger partial charge in [-0.05, 0) is 31.8 Å². The zero-order valence-corrected chi connectivity index (χ0v) is 12.6. The van der Waals surface area contributed by atoms with E-state index in [1.165, 1.54) is 9.58 Å². The molecule has 0 aliphatic carbocycles. The van der Waals surface area contributed by atoms with E-state index in [0.29, 0.717) is 18.0 Å². The predicted octanol–water partition coefficient (Wildman–Crippen LogP) is 0.300. The molecule has 1 unspecified atom stereocenters. The first-order valence-electron chi connectivity index (χ1n) is 7.28. The molecule has 2 amide bonds. The molecule has 2 N–H and O–H groups in total. The SMILES string of the molecule is CN(C)C(=O)Cn1cc(NC(=O)CCC2CCNC2)cn1. The van der Waals surface area contributed by atoms with Crippen LogP contribution in [0.4, 0.5) is 5.69 Å². The normalized spacial score (nSPS) is 17.7. The van der Waals surface area contributed by atoms with E-state index in [-0.39, 0.29) is 18.4 Å². The third-order valence-electron chi connectivity index (χ3n) is 3.66. The number of hydrogen-bond acceptors (Lipinski definition) is 4. The highest BCUT2D eigenvalue weighted by Crippen LogP contribution is 2.15. The molecular weight excluding hydrogens is 270 g/mol. The van der Waals surface area contributed by atoms with E-state index in [4.69, 9.17) is 0 Å². The summed E-state index contributed by atoms with van der Waals surface area (Å²) in [7, 11) is 3.40. The van der Waals surface area contributed by atoms with Crippen LogP contribution < -0.4 is 10.6 Å². The first kappa shape index (κ1) is 15.5. The van der Waals surface area contributed by atoms with Crippen molar-refractivity contribution in [3.8, 4) is 0 Å². The van der Waals surface area contributed by atoms with Crippen LogP contribution in [0.2, 0.25) is 0 Å². The van der Waals surface area contributed by atoms with Gasteiger partial charge in [-0.25, -0.2) is 0 Å². The van der Waals surface area contributed by atoms with Crippen LogP contribution in [0, 0.1) is 5.92 Å². The molecule has 0 saturated carbocycles. The fourth-order valence-corrected chi connectivity index (χ4v) is 2.31. The minimum Gasteiger partial charge on any atom is -0.347 e. The number of nitrogens with zero attached hydrogens (tertiary/aromatic N) is 3. The summed E-state index contributed by atoms with van der Waals surface area (Å²) < 4.78 is 1.53. The van der Waals surface area contributed by atoms with Gasteiger partial charge in [-0.3, -0.25) is 14.3 Å². The van der Waals surface area contributed by atoms with Crippen molar-refractivity contribution in [1.82, 2.24) is 20.0 Å². The van der Waals surface area contributed by atoms with Crippen molar-refractivity contribution in [1.29, 1.82) is 0 Å². The standard InChI is InChI=1S/C14H23N5O2/c1-18(2)14(21)10-19-9-12(8-16-19)17-13(20)4-3-11-5-6-15-7-11/h8-9,11,15H,3-7,10H2,1-2H3,(H,17,20). The van der Waals surface area contributed by atoms with Gasteiger partial charge in [-0.2, -0.15) is 5.10 Å². The molecule has 0 spiro atoms. The quantitative estimate of drug-likeness (QED) is 0.790. The third-order valence-corrected chi connectivity index (χ3v) is 3.66. The Morgan fingerprint density at radius 1 is 1.52 bits per heavy atom. The molecule has 2 rings (SSSR count). The summed E-state index contributed by atoms with van der Waals surface area (Å²) in [5.74, 6) is 0.571. The third kappa shape index (κ3) is 4.86. The van der Waals surface area contributed by atoms with Crippen molar-refractivity contribution in [2.24, 2.45) is 5.92 Å². The lowest BCUT2D eigenvalue weighted by atomic mass is 10.0. The second-order valence-electron chi connectivity index (χ2n) is 5.66. The summed E-state index contributed by atoms with van der Waals surface area (Å²) in [6.07, 6.45) is 5.83. The number of rotatable bonds is 6. The first-order valence-corrected chi connectivity index (χ1v) is 7.28. The molecule has 0 bridgehead atoms. The zero-order valence-electron chi connectivity index (χ0n) is 12.6. The first-order chi connectivity index (χ1) is 10.0. The fourth-order valence-electron chi connectivity index (χ4n) is 2.31. The predicted molar refractivity (Wildman–Crippen MR) is 79.8 cm³/mol. The monoisotopic (exact) mass is 293 g/mol. The molecule has 0 radical (unpaired) electrons. The Morgan fingerprint density at radius 3 is 3.00 bits per heavy atom. The van der Waals surface area contributed by atoms with Crippen molar-refractivity contribution in [2.75, 3.05) is 32.5 Å². The summed E-state index contributed by atoms with van der Waals surface area (Å²) in [4.78, 5) is 24.9. The van der Waals surface area contributed by atoms with Gasteiger partial charge in [0.05, 0.1) is 11.9 Å². The van der Waals surface area contributed by atoms with Crippen molar-refractivity contribution < 1.29 is 9.59 Å². The molecular formula is C14H23N5O2. The Morgan fingerprint density at radius 2 is 2.33 bits per heavy atom. The molecule has 7 nitrogen and oxygen atoms in total. The average Bonchev–Trinajstić information content (AvgIpc) is 3.08. The molecule has 2 heterocycles. The van der Waals surface area contributed by atoms with Gasteiger partial charge in [0.1, 0.15) is 6.54 Å². The maximum absolute atomic E-state index is 11.9. The molecule has 1 aromatic rings. The van der Waals surface area contributed by atoms with Gasteiger partial charge in [0.25, 0.3) is 0 Å². The highest BCUT2D eigenvalue weighted by atomic mass is 16.2. The van der Waals surface area contributed by atoms with E-state index in [9.17, 15) is 9.59 Å². The Bertz CT molecular complexity index is 491. The van der Waals surface area contributed by atoms with Crippen LogP contribution in [-0.4, -0.2) is 53.7 Å². The molecule has 1 atom stereocenters. The number of hydrogen-bond donors (Lipinski definition) is 2. The summed E-state index contributed by atoms with van der Waals surface area (Å²) in [6, 6.07) is 0. The minimum absolute atomic E-state index is 0.000358. The Balaban J connectivity index is 1.76. The topological polar surface area (TPSA) is 79.3 Å². The van der Waals surface area contributed by atoms with E-state index in [0.717, 1.165) is 25.9 Å². The zero-order chi connectivity index (χ0) is 15.2. The lowest BCUT2D eigenvalue weighted by Crippen LogP contribution is -2.26. The largest absolute Gasteiger partial charge is 0.347 e. The van der Waals surface area contributed by atoms with Crippen LogP contribution >= 0.6 is 0 Å². The molecule has 1 aliphatic rings. The summed E-state index contributed by atoms with van der Waals surface area (Å²) >= 11 is 0. The van der Waals surface area contributed by atoms with Crippen LogP contribution in [0.5, 0.6) is 0 Å². The average molecular weight is 293 g/mol. The number of amides is 2. The molecule has 21 heavy (non-hydrogen) atoms. The van der Waals surface area contributed by atoms with Gasteiger partial charge in [-0.15, -0.1) is 0 Å². The van der Waals surface area contributed by atoms with E-state index >= 15 is 0 Å². The van der Waals surface area contributed by atoms with Crippen LogP contribution in [0.15, 0.2) is 12.4 Å². The summed E-state index contributed by atoms with van der Waals surface area (Å²) in [5, 5.41) is 10.2. The molecule has 0 aromatic carbocycles. The lowest BCUT2D eigenvalue weighted by molar-refractivity contribution is -0.129. The Kier molecular flexibility index (Phi) is 5.32. The van der Waals surface area contributed by atoms with Crippen molar-refractivity contribution >= 4 is 17.5 Å².